The molecule has 0 heterocycles. The van der Waals surface area contributed by atoms with Crippen LogP contribution in [0.4, 0.5) is 0 Å². The van der Waals surface area contributed by atoms with E-state index in [1.54, 1.807) is 0 Å². The Kier molecular flexibility index (Phi) is 3.29. The van der Waals surface area contributed by atoms with Crippen molar-refractivity contribution in [3.63, 3.8) is 0 Å². The third-order valence-corrected chi connectivity index (χ3v) is 3.54. The molecule has 0 radical (unpaired) electrons. The number of rotatable bonds is 6. The second-order valence-electron chi connectivity index (χ2n) is 5.05. The molecule has 2 saturated carbocycles. The van der Waals surface area contributed by atoms with Crippen molar-refractivity contribution >= 4 is 5.91 Å². The summed E-state index contributed by atoms with van der Waals surface area (Å²) in [5.74, 6) is 2.27. The maximum absolute atomic E-state index is 11.7. The first-order valence-corrected chi connectivity index (χ1v) is 6.23. The van der Waals surface area contributed by atoms with Gasteiger partial charge in [-0.25, -0.2) is 0 Å². The molecule has 0 aromatic heterocycles. The Morgan fingerprint density at radius 2 is 2.20 bits per heavy atom. The highest BCUT2D eigenvalue weighted by molar-refractivity contribution is 5.81. The first-order chi connectivity index (χ1) is 7.22. The minimum absolute atomic E-state index is 0.289. The van der Waals surface area contributed by atoms with Gasteiger partial charge in [0.05, 0.1) is 0 Å². The van der Waals surface area contributed by atoms with Gasteiger partial charge in [-0.15, -0.1) is 0 Å². The molecule has 0 aliphatic heterocycles. The molecule has 3 atom stereocenters. The van der Waals surface area contributed by atoms with Gasteiger partial charge in [0.25, 0.3) is 0 Å². The Hall–Kier alpha value is -0.570. The smallest absolute Gasteiger partial charge is 0.223 e. The van der Waals surface area contributed by atoms with Crippen LogP contribution < -0.4 is 10.6 Å². The van der Waals surface area contributed by atoms with Crippen molar-refractivity contribution in [3.05, 3.63) is 0 Å². The van der Waals surface area contributed by atoms with E-state index in [9.17, 15) is 4.79 Å². The van der Waals surface area contributed by atoms with E-state index < -0.39 is 0 Å². The number of amides is 1. The molecule has 3 nitrogen and oxygen atoms in total. The summed E-state index contributed by atoms with van der Waals surface area (Å²) in [4.78, 5) is 11.7. The largest absolute Gasteiger partial charge is 0.354 e. The summed E-state index contributed by atoms with van der Waals surface area (Å²) in [5.41, 5.74) is 0. The van der Waals surface area contributed by atoms with Gasteiger partial charge in [-0.1, -0.05) is 6.92 Å². The molecular weight excluding hydrogens is 188 g/mol. The molecule has 0 aromatic rings. The molecular formula is C12H22N2O. The molecule has 86 valence electrons. The Morgan fingerprint density at radius 1 is 1.47 bits per heavy atom. The number of hydrogen-bond acceptors (Lipinski definition) is 2. The maximum atomic E-state index is 11.7. The number of carbonyl (C=O) groups excluding carboxylic acids is 1. The van der Waals surface area contributed by atoms with E-state index >= 15 is 0 Å². The second-order valence-corrected chi connectivity index (χ2v) is 5.05. The normalized spacial score (nSPS) is 31.1. The number of hydrogen-bond donors (Lipinski definition) is 2. The summed E-state index contributed by atoms with van der Waals surface area (Å²) < 4.78 is 0. The maximum Gasteiger partial charge on any atom is 0.223 e. The van der Waals surface area contributed by atoms with Crippen molar-refractivity contribution in [1.29, 1.82) is 0 Å². The van der Waals surface area contributed by atoms with Crippen LogP contribution in [-0.4, -0.2) is 25.0 Å². The van der Waals surface area contributed by atoms with E-state index in [-0.39, 0.29) is 5.91 Å². The molecule has 2 aliphatic carbocycles. The monoisotopic (exact) mass is 210 g/mol. The van der Waals surface area contributed by atoms with Crippen molar-refractivity contribution in [2.75, 3.05) is 13.1 Å². The number of carbonyl (C=O) groups is 1. The SMILES string of the molecule is CCN[C@H](C)CNC(=O)C1CC1C1CC1. The Morgan fingerprint density at radius 3 is 2.80 bits per heavy atom. The van der Waals surface area contributed by atoms with E-state index in [4.69, 9.17) is 0 Å². The Balaban J connectivity index is 1.61. The Labute approximate surface area is 92.0 Å². The molecule has 2 aliphatic rings. The molecule has 0 bridgehead atoms. The van der Waals surface area contributed by atoms with E-state index in [1.807, 2.05) is 0 Å². The molecule has 3 heteroatoms. The molecule has 2 unspecified atom stereocenters. The molecule has 2 N–H and O–H groups in total. The van der Waals surface area contributed by atoms with Crippen LogP contribution in [-0.2, 0) is 4.79 Å². The highest BCUT2D eigenvalue weighted by Crippen LogP contribution is 2.54. The van der Waals surface area contributed by atoms with Crippen LogP contribution in [0.15, 0.2) is 0 Å². The topological polar surface area (TPSA) is 41.1 Å². The molecule has 1 amide bonds. The van der Waals surface area contributed by atoms with Gasteiger partial charge >= 0.3 is 0 Å². The van der Waals surface area contributed by atoms with Gasteiger partial charge < -0.3 is 10.6 Å². The zero-order chi connectivity index (χ0) is 10.8. The predicted octanol–water partition coefficient (Wildman–Crippen LogP) is 1.15. The number of likely N-dealkylation sites (N-methyl/N-ethyl adjacent to an activating group) is 1. The standard InChI is InChI=1S/C12H22N2O/c1-3-13-8(2)7-14-12(15)11-6-10(11)9-4-5-9/h8-11,13H,3-7H2,1-2H3,(H,14,15)/t8-,10?,11?/m1/s1. The summed E-state index contributed by atoms with van der Waals surface area (Å²) in [6.45, 7) is 5.92. The van der Waals surface area contributed by atoms with Crippen LogP contribution in [0.2, 0.25) is 0 Å². The van der Waals surface area contributed by atoms with E-state index in [0.717, 1.165) is 31.3 Å². The lowest BCUT2D eigenvalue weighted by molar-refractivity contribution is -0.122. The van der Waals surface area contributed by atoms with Gasteiger partial charge in [0.2, 0.25) is 5.91 Å². The van der Waals surface area contributed by atoms with Crippen LogP contribution in [0.25, 0.3) is 0 Å². The highest BCUT2D eigenvalue weighted by atomic mass is 16.2. The lowest BCUT2D eigenvalue weighted by Gasteiger charge is -2.13. The molecule has 0 aromatic carbocycles. The van der Waals surface area contributed by atoms with Crippen molar-refractivity contribution in [2.45, 2.75) is 39.2 Å². The summed E-state index contributed by atoms with van der Waals surface area (Å²) >= 11 is 0. The fraction of sp³-hybridized carbons (Fsp3) is 0.917. The zero-order valence-electron chi connectivity index (χ0n) is 9.75. The average molecular weight is 210 g/mol. The van der Waals surface area contributed by atoms with Gasteiger partial charge in [0.15, 0.2) is 0 Å². The van der Waals surface area contributed by atoms with Crippen molar-refractivity contribution in [1.82, 2.24) is 10.6 Å². The zero-order valence-corrected chi connectivity index (χ0v) is 9.75. The van der Waals surface area contributed by atoms with Crippen molar-refractivity contribution in [2.24, 2.45) is 17.8 Å². The van der Waals surface area contributed by atoms with Gasteiger partial charge in [-0.3, -0.25) is 4.79 Å². The predicted molar refractivity (Wildman–Crippen MR) is 60.5 cm³/mol. The van der Waals surface area contributed by atoms with Gasteiger partial charge in [-0.2, -0.15) is 0 Å². The number of nitrogens with one attached hydrogen (secondary N) is 2. The van der Waals surface area contributed by atoms with E-state index in [1.165, 1.54) is 12.8 Å². The minimum Gasteiger partial charge on any atom is -0.354 e. The summed E-state index contributed by atoms with van der Waals surface area (Å²) in [6, 6.07) is 0.386. The van der Waals surface area contributed by atoms with Crippen molar-refractivity contribution < 1.29 is 4.79 Å². The summed E-state index contributed by atoms with van der Waals surface area (Å²) in [5, 5.41) is 6.33. The third-order valence-electron chi connectivity index (χ3n) is 3.54. The Bertz CT molecular complexity index is 238. The van der Waals surface area contributed by atoms with Crippen LogP contribution in [0, 0.1) is 17.8 Å². The summed E-state index contributed by atoms with van der Waals surface area (Å²) in [7, 11) is 0. The van der Waals surface area contributed by atoms with Crippen molar-refractivity contribution in [3.8, 4) is 0 Å². The van der Waals surface area contributed by atoms with Crippen LogP contribution in [0.3, 0.4) is 0 Å². The third kappa shape index (κ3) is 2.94. The lowest BCUT2D eigenvalue weighted by atomic mass is 10.2. The van der Waals surface area contributed by atoms with Gasteiger partial charge in [0, 0.05) is 18.5 Å². The quantitative estimate of drug-likeness (QED) is 0.690. The first kappa shape index (κ1) is 10.9. The molecule has 0 saturated heterocycles. The molecule has 2 fully saturated rings. The summed E-state index contributed by atoms with van der Waals surface area (Å²) in [6.07, 6.45) is 3.87. The molecule has 0 spiro atoms. The first-order valence-electron chi connectivity index (χ1n) is 6.23. The average Bonchev–Trinajstić information content (AvgIpc) is 3.02. The van der Waals surface area contributed by atoms with E-state index in [0.29, 0.717) is 12.0 Å². The van der Waals surface area contributed by atoms with Gasteiger partial charge in [0.1, 0.15) is 0 Å². The molecule has 15 heavy (non-hydrogen) atoms. The van der Waals surface area contributed by atoms with Gasteiger partial charge in [-0.05, 0) is 44.6 Å². The highest BCUT2D eigenvalue weighted by Gasteiger charge is 2.50. The fourth-order valence-electron chi connectivity index (χ4n) is 2.37. The van der Waals surface area contributed by atoms with Crippen LogP contribution in [0.5, 0.6) is 0 Å². The van der Waals surface area contributed by atoms with E-state index in [2.05, 4.69) is 24.5 Å². The molecule has 2 rings (SSSR count). The second kappa shape index (κ2) is 4.52. The fourth-order valence-corrected chi connectivity index (χ4v) is 2.37. The lowest BCUT2D eigenvalue weighted by Crippen LogP contribution is -2.39. The minimum atomic E-state index is 0.289. The van der Waals surface area contributed by atoms with Crippen LogP contribution in [0.1, 0.15) is 33.1 Å². The van der Waals surface area contributed by atoms with Crippen LogP contribution >= 0.6 is 0 Å².